The summed E-state index contributed by atoms with van der Waals surface area (Å²) in [6.07, 6.45) is 0. The van der Waals surface area contributed by atoms with Crippen LogP contribution in [-0.4, -0.2) is 24.0 Å². The predicted octanol–water partition coefficient (Wildman–Crippen LogP) is 3.66. The van der Waals surface area contributed by atoms with Gasteiger partial charge in [-0.1, -0.05) is 35.9 Å². The third kappa shape index (κ3) is 2.69. The molecule has 5 heteroatoms. The van der Waals surface area contributed by atoms with Crippen LogP contribution < -0.4 is 4.90 Å². The highest BCUT2D eigenvalue weighted by molar-refractivity contribution is 7.99. The Morgan fingerprint density at radius 3 is 2.52 bits per heavy atom. The molecule has 0 saturated carbocycles. The summed E-state index contributed by atoms with van der Waals surface area (Å²) in [5.74, 6) is -0.266. The van der Waals surface area contributed by atoms with Crippen molar-refractivity contribution in [3.05, 3.63) is 59.1 Å². The van der Waals surface area contributed by atoms with Gasteiger partial charge in [-0.2, -0.15) is 0 Å². The SMILES string of the molecule is O=C1C(=O)N(CCSc2ccccc2)c2c(Cl)cccc21. The van der Waals surface area contributed by atoms with Crippen molar-refractivity contribution in [1.29, 1.82) is 0 Å². The van der Waals surface area contributed by atoms with Crippen molar-refractivity contribution in [1.82, 2.24) is 0 Å². The minimum Gasteiger partial charge on any atom is -0.302 e. The van der Waals surface area contributed by atoms with E-state index in [4.69, 9.17) is 11.6 Å². The Balaban J connectivity index is 1.75. The van der Waals surface area contributed by atoms with Crippen molar-refractivity contribution in [2.75, 3.05) is 17.2 Å². The molecule has 0 unspecified atom stereocenters. The molecule has 1 heterocycles. The van der Waals surface area contributed by atoms with E-state index in [0.717, 1.165) is 4.90 Å². The Hall–Kier alpha value is -1.78. The zero-order valence-corrected chi connectivity index (χ0v) is 12.7. The molecule has 0 N–H and O–H groups in total. The van der Waals surface area contributed by atoms with Crippen LogP contribution in [0, 0.1) is 0 Å². The molecule has 0 aromatic heterocycles. The van der Waals surface area contributed by atoms with Crippen molar-refractivity contribution in [3.8, 4) is 0 Å². The van der Waals surface area contributed by atoms with E-state index in [1.807, 2.05) is 30.3 Å². The smallest absolute Gasteiger partial charge is 0.299 e. The number of nitrogens with zero attached hydrogens (tertiary/aromatic N) is 1. The van der Waals surface area contributed by atoms with Gasteiger partial charge in [-0.25, -0.2) is 0 Å². The third-order valence-electron chi connectivity index (χ3n) is 3.27. The zero-order valence-electron chi connectivity index (χ0n) is 11.1. The normalized spacial score (nSPS) is 13.7. The highest BCUT2D eigenvalue weighted by Crippen LogP contribution is 2.35. The summed E-state index contributed by atoms with van der Waals surface area (Å²) in [4.78, 5) is 26.6. The fraction of sp³-hybridized carbons (Fsp3) is 0.125. The predicted molar refractivity (Wildman–Crippen MR) is 85.3 cm³/mol. The number of carbonyl (C=O) groups is 2. The summed E-state index contributed by atoms with van der Waals surface area (Å²) in [6, 6.07) is 15.0. The quantitative estimate of drug-likeness (QED) is 0.638. The standard InChI is InChI=1S/C16H12ClNO2S/c17-13-8-4-7-12-14(13)18(16(20)15(12)19)9-10-21-11-5-2-1-3-6-11/h1-8H,9-10H2. The molecule has 1 aliphatic rings. The maximum absolute atomic E-state index is 12.1. The number of halogens is 1. The minimum atomic E-state index is -0.494. The molecule has 0 fully saturated rings. The van der Waals surface area contributed by atoms with E-state index in [1.54, 1.807) is 30.0 Å². The van der Waals surface area contributed by atoms with Crippen LogP contribution in [-0.2, 0) is 4.79 Å². The molecule has 1 aliphatic heterocycles. The summed E-state index contributed by atoms with van der Waals surface area (Å²) in [5.41, 5.74) is 0.944. The van der Waals surface area contributed by atoms with E-state index in [-0.39, 0.29) is 0 Å². The van der Waals surface area contributed by atoms with Crippen LogP contribution in [0.25, 0.3) is 0 Å². The number of rotatable bonds is 4. The van der Waals surface area contributed by atoms with Crippen LogP contribution >= 0.6 is 23.4 Å². The Bertz CT molecular complexity index is 703. The number of fused-ring (bicyclic) bond motifs is 1. The lowest BCUT2D eigenvalue weighted by Gasteiger charge is -2.17. The summed E-state index contributed by atoms with van der Waals surface area (Å²) < 4.78 is 0. The molecule has 0 aliphatic carbocycles. The number of anilines is 1. The Morgan fingerprint density at radius 1 is 1.00 bits per heavy atom. The van der Waals surface area contributed by atoms with Crippen LogP contribution in [0.1, 0.15) is 10.4 Å². The lowest BCUT2D eigenvalue weighted by molar-refractivity contribution is -0.114. The molecule has 0 radical (unpaired) electrons. The molecular formula is C16H12ClNO2S. The topological polar surface area (TPSA) is 37.4 Å². The fourth-order valence-electron chi connectivity index (χ4n) is 2.30. The average molecular weight is 318 g/mol. The van der Waals surface area contributed by atoms with Gasteiger partial charge in [-0.3, -0.25) is 9.59 Å². The van der Waals surface area contributed by atoms with Gasteiger partial charge in [0, 0.05) is 17.2 Å². The third-order valence-corrected chi connectivity index (χ3v) is 4.56. The minimum absolute atomic E-state index is 0.400. The van der Waals surface area contributed by atoms with Gasteiger partial charge in [0.05, 0.1) is 16.3 Å². The van der Waals surface area contributed by atoms with Crippen LogP contribution in [0.4, 0.5) is 5.69 Å². The number of hydrogen-bond acceptors (Lipinski definition) is 3. The number of ketones is 1. The molecule has 21 heavy (non-hydrogen) atoms. The lowest BCUT2D eigenvalue weighted by atomic mass is 10.1. The molecule has 2 aromatic carbocycles. The first-order chi connectivity index (χ1) is 10.2. The van der Waals surface area contributed by atoms with Gasteiger partial charge in [-0.05, 0) is 24.3 Å². The van der Waals surface area contributed by atoms with Gasteiger partial charge in [-0.15, -0.1) is 11.8 Å². The monoisotopic (exact) mass is 317 g/mol. The highest BCUT2D eigenvalue weighted by atomic mass is 35.5. The molecule has 1 amide bonds. The van der Waals surface area contributed by atoms with E-state index >= 15 is 0 Å². The maximum atomic E-state index is 12.1. The molecule has 3 nitrogen and oxygen atoms in total. The first-order valence-electron chi connectivity index (χ1n) is 6.51. The summed E-state index contributed by atoms with van der Waals surface area (Å²) in [5, 5.41) is 0.441. The van der Waals surface area contributed by atoms with Crippen LogP contribution in [0.3, 0.4) is 0 Å². The number of thioether (sulfide) groups is 1. The van der Waals surface area contributed by atoms with Crippen molar-refractivity contribution in [2.45, 2.75) is 4.90 Å². The second-order valence-electron chi connectivity index (χ2n) is 4.58. The van der Waals surface area contributed by atoms with E-state index in [2.05, 4.69) is 0 Å². The van der Waals surface area contributed by atoms with Crippen molar-refractivity contribution in [3.63, 3.8) is 0 Å². The second-order valence-corrected chi connectivity index (χ2v) is 6.16. The van der Waals surface area contributed by atoms with Crippen molar-refractivity contribution >= 4 is 40.7 Å². The molecule has 106 valence electrons. The first-order valence-corrected chi connectivity index (χ1v) is 7.87. The Labute approximate surface area is 131 Å². The maximum Gasteiger partial charge on any atom is 0.299 e. The largest absolute Gasteiger partial charge is 0.302 e. The molecule has 0 bridgehead atoms. The van der Waals surface area contributed by atoms with Crippen molar-refractivity contribution in [2.24, 2.45) is 0 Å². The lowest BCUT2D eigenvalue weighted by Crippen LogP contribution is -2.31. The number of carbonyl (C=O) groups excluding carboxylic acids is 2. The molecular weight excluding hydrogens is 306 g/mol. The van der Waals surface area contributed by atoms with Gasteiger partial charge in [0.1, 0.15) is 0 Å². The van der Waals surface area contributed by atoms with Gasteiger partial charge in [0.2, 0.25) is 0 Å². The molecule has 3 rings (SSSR count). The van der Waals surface area contributed by atoms with Gasteiger partial charge in [0.15, 0.2) is 0 Å². The Morgan fingerprint density at radius 2 is 1.76 bits per heavy atom. The number of amides is 1. The highest BCUT2D eigenvalue weighted by Gasteiger charge is 2.36. The van der Waals surface area contributed by atoms with Crippen LogP contribution in [0.2, 0.25) is 5.02 Å². The first kappa shape index (κ1) is 14.2. The summed E-state index contributed by atoms with van der Waals surface area (Å²) >= 11 is 7.78. The van der Waals surface area contributed by atoms with Crippen molar-refractivity contribution < 1.29 is 9.59 Å². The van der Waals surface area contributed by atoms with Gasteiger partial charge >= 0.3 is 0 Å². The summed E-state index contributed by atoms with van der Waals surface area (Å²) in [6.45, 7) is 0.459. The van der Waals surface area contributed by atoms with E-state index in [1.165, 1.54) is 4.90 Å². The van der Waals surface area contributed by atoms with Crippen LogP contribution in [0.15, 0.2) is 53.4 Å². The number of benzene rings is 2. The van der Waals surface area contributed by atoms with Crippen LogP contribution in [0.5, 0.6) is 0 Å². The van der Waals surface area contributed by atoms with Gasteiger partial charge in [0.25, 0.3) is 11.7 Å². The number of para-hydroxylation sites is 1. The molecule has 0 spiro atoms. The van der Waals surface area contributed by atoms with E-state index in [0.29, 0.717) is 28.6 Å². The second kappa shape index (κ2) is 5.92. The van der Waals surface area contributed by atoms with E-state index < -0.39 is 11.7 Å². The zero-order chi connectivity index (χ0) is 14.8. The van der Waals surface area contributed by atoms with Gasteiger partial charge < -0.3 is 4.90 Å². The Kier molecular flexibility index (Phi) is 3.99. The average Bonchev–Trinajstić information content (AvgIpc) is 2.75. The number of hydrogen-bond donors (Lipinski definition) is 0. The number of Topliss-reactive ketones (excluding diaryl/α,β-unsaturated/α-hetero) is 1. The molecule has 0 saturated heterocycles. The molecule has 0 atom stereocenters. The van der Waals surface area contributed by atoms with E-state index in [9.17, 15) is 9.59 Å². The molecule has 2 aromatic rings. The summed E-state index contributed by atoms with van der Waals surface area (Å²) in [7, 11) is 0. The fourth-order valence-corrected chi connectivity index (χ4v) is 3.43.